The van der Waals surface area contributed by atoms with Crippen LogP contribution in [0.2, 0.25) is 0 Å². The smallest absolute Gasteiger partial charge is 0.191 e. The molecular weight excluding hydrogens is 373 g/mol. The van der Waals surface area contributed by atoms with E-state index < -0.39 is 0 Å². The van der Waals surface area contributed by atoms with E-state index in [-0.39, 0.29) is 29.6 Å². The van der Waals surface area contributed by atoms with Crippen molar-refractivity contribution < 1.29 is 14.2 Å². The molecular formula is C13H28IN3O3. The monoisotopic (exact) mass is 401 g/mol. The molecule has 0 aromatic heterocycles. The quantitative estimate of drug-likeness (QED) is 0.289. The van der Waals surface area contributed by atoms with Gasteiger partial charge < -0.3 is 24.8 Å². The molecule has 0 unspecified atom stereocenters. The lowest BCUT2D eigenvalue weighted by atomic mass is 9.94. The third-order valence-electron chi connectivity index (χ3n) is 3.46. The minimum atomic E-state index is -0.137. The third-order valence-corrected chi connectivity index (χ3v) is 3.46. The molecule has 0 aromatic carbocycles. The van der Waals surface area contributed by atoms with Crippen molar-refractivity contribution in [2.24, 2.45) is 4.99 Å². The summed E-state index contributed by atoms with van der Waals surface area (Å²) in [6.07, 6.45) is 2.79. The zero-order valence-electron chi connectivity index (χ0n) is 12.7. The fourth-order valence-electron chi connectivity index (χ4n) is 2.09. The van der Waals surface area contributed by atoms with Gasteiger partial charge in [-0.25, -0.2) is 0 Å². The molecule has 7 heteroatoms. The Bertz CT molecular complexity index is 272. The number of nitrogens with one attached hydrogen (secondary N) is 2. The highest BCUT2D eigenvalue weighted by atomic mass is 127. The number of nitrogens with zero attached hydrogens (tertiary/aromatic N) is 1. The second-order valence-corrected chi connectivity index (χ2v) is 4.70. The Morgan fingerprint density at radius 2 is 1.95 bits per heavy atom. The van der Waals surface area contributed by atoms with E-state index >= 15 is 0 Å². The second kappa shape index (κ2) is 11.5. The van der Waals surface area contributed by atoms with E-state index in [1.54, 1.807) is 21.3 Å². The molecule has 1 fully saturated rings. The number of ether oxygens (including phenoxy) is 3. The first-order valence-electron chi connectivity index (χ1n) is 6.83. The summed E-state index contributed by atoms with van der Waals surface area (Å²) in [6, 6.07) is 0. The van der Waals surface area contributed by atoms with Crippen LogP contribution >= 0.6 is 24.0 Å². The molecule has 0 bridgehead atoms. The van der Waals surface area contributed by atoms with Gasteiger partial charge in [-0.2, -0.15) is 0 Å². The molecule has 20 heavy (non-hydrogen) atoms. The summed E-state index contributed by atoms with van der Waals surface area (Å²) in [4.78, 5) is 4.20. The van der Waals surface area contributed by atoms with Gasteiger partial charge >= 0.3 is 0 Å². The summed E-state index contributed by atoms with van der Waals surface area (Å²) in [5, 5.41) is 6.58. The topological polar surface area (TPSA) is 64.1 Å². The highest BCUT2D eigenvalue weighted by Crippen LogP contribution is 2.23. The Morgan fingerprint density at radius 3 is 2.50 bits per heavy atom. The van der Waals surface area contributed by atoms with Crippen LogP contribution in [0, 0.1) is 0 Å². The van der Waals surface area contributed by atoms with E-state index in [0.29, 0.717) is 0 Å². The summed E-state index contributed by atoms with van der Waals surface area (Å²) < 4.78 is 16.1. The lowest BCUT2D eigenvalue weighted by molar-refractivity contribution is -0.0855. The zero-order valence-corrected chi connectivity index (χ0v) is 15.1. The van der Waals surface area contributed by atoms with Crippen molar-refractivity contribution in [2.45, 2.75) is 24.9 Å². The average molecular weight is 401 g/mol. The van der Waals surface area contributed by atoms with Gasteiger partial charge in [0.25, 0.3) is 0 Å². The SMILES string of the molecule is CN=C(NCCCOC)NCC1(OC)CCOCC1.I. The van der Waals surface area contributed by atoms with Crippen molar-refractivity contribution in [3.63, 3.8) is 0 Å². The number of aliphatic imine (C=N–C) groups is 1. The summed E-state index contributed by atoms with van der Waals surface area (Å²) in [6.45, 7) is 3.86. The Kier molecular flexibility index (Phi) is 11.5. The maximum Gasteiger partial charge on any atom is 0.191 e. The first kappa shape index (κ1) is 19.9. The Morgan fingerprint density at radius 1 is 1.25 bits per heavy atom. The predicted molar refractivity (Wildman–Crippen MR) is 91.1 cm³/mol. The molecule has 0 saturated carbocycles. The van der Waals surface area contributed by atoms with Crippen molar-refractivity contribution >= 4 is 29.9 Å². The van der Waals surface area contributed by atoms with Gasteiger partial charge in [-0.05, 0) is 6.42 Å². The van der Waals surface area contributed by atoms with E-state index in [1.165, 1.54) is 0 Å². The van der Waals surface area contributed by atoms with Crippen LogP contribution < -0.4 is 10.6 Å². The van der Waals surface area contributed by atoms with Crippen molar-refractivity contribution in [3.05, 3.63) is 0 Å². The standard InChI is InChI=1S/C13H27N3O3.HI/c1-14-12(15-7-4-8-17-2)16-11-13(18-3)5-9-19-10-6-13;/h4-11H2,1-3H3,(H2,14,15,16);1H. The van der Waals surface area contributed by atoms with Gasteiger partial charge in [0, 0.05) is 67.0 Å². The first-order valence-corrected chi connectivity index (χ1v) is 6.83. The van der Waals surface area contributed by atoms with Gasteiger partial charge in [-0.3, -0.25) is 4.99 Å². The van der Waals surface area contributed by atoms with Crippen LogP contribution in [0.3, 0.4) is 0 Å². The van der Waals surface area contributed by atoms with Crippen molar-refractivity contribution in [1.82, 2.24) is 10.6 Å². The van der Waals surface area contributed by atoms with Crippen LogP contribution in [0.15, 0.2) is 4.99 Å². The largest absolute Gasteiger partial charge is 0.385 e. The van der Waals surface area contributed by atoms with E-state index in [0.717, 1.165) is 58.1 Å². The van der Waals surface area contributed by atoms with Crippen LogP contribution in [-0.4, -0.2) is 65.7 Å². The zero-order chi connectivity index (χ0) is 14.0. The van der Waals surface area contributed by atoms with Gasteiger partial charge in [0.15, 0.2) is 5.96 Å². The van der Waals surface area contributed by atoms with Crippen LogP contribution in [0.1, 0.15) is 19.3 Å². The molecule has 0 radical (unpaired) electrons. The van der Waals surface area contributed by atoms with Gasteiger partial charge in [0.1, 0.15) is 0 Å². The maximum atomic E-state index is 5.67. The minimum Gasteiger partial charge on any atom is -0.385 e. The molecule has 120 valence electrons. The second-order valence-electron chi connectivity index (χ2n) is 4.70. The first-order chi connectivity index (χ1) is 9.26. The number of hydrogen-bond acceptors (Lipinski definition) is 4. The van der Waals surface area contributed by atoms with Gasteiger partial charge in [0.05, 0.1) is 5.60 Å². The maximum absolute atomic E-state index is 5.67. The lowest BCUT2D eigenvalue weighted by Gasteiger charge is -2.36. The van der Waals surface area contributed by atoms with Gasteiger partial charge in [0.2, 0.25) is 0 Å². The fraction of sp³-hybridized carbons (Fsp3) is 0.923. The van der Waals surface area contributed by atoms with E-state index in [4.69, 9.17) is 14.2 Å². The lowest BCUT2D eigenvalue weighted by Crippen LogP contribution is -2.50. The molecule has 0 spiro atoms. The molecule has 0 atom stereocenters. The molecule has 1 aliphatic rings. The third kappa shape index (κ3) is 7.05. The molecule has 1 aliphatic heterocycles. The van der Waals surface area contributed by atoms with Crippen LogP contribution in [-0.2, 0) is 14.2 Å². The molecule has 0 amide bonds. The summed E-state index contributed by atoms with van der Waals surface area (Å²) in [5.74, 6) is 0.805. The molecule has 1 rings (SSSR count). The number of guanidine groups is 1. The van der Waals surface area contributed by atoms with Crippen LogP contribution in [0.5, 0.6) is 0 Å². The number of hydrogen-bond donors (Lipinski definition) is 2. The number of methoxy groups -OCH3 is 2. The molecule has 1 saturated heterocycles. The average Bonchev–Trinajstić information content (AvgIpc) is 2.47. The Labute approximate surface area is 139 Å². The van der Waals surface area contributed by atoms with Gasteiger partial charge in [-0.15, -0.1) is 24.0 Å². The fourth-order valence-corrected chi connectivity index (χ4v) is 2.09. The summed E-state index contributed by atoms with van der Waals surface area (Å²) in [7, 11) is 5.25. The molecule has 0 aliphatic carbocycles. The molecule has 2 N–H and O–H groups in total. The van der Waals surface area contributed by atoms with E-state index in [1.807, 2.05) is 0 Å². The molecule has 1 heterocycles. The Balaban J connectivity index is 0.00000361. The van der Waals surface area contributed by atoms with Crippen molar-refractivity contribution in [2.75, 3.05) is 54.2 Å². The minimum absolute atomic E-state index is 0. The van der Waals surface area contributed by atoms with Gasteiger partial charge in [-0.1, -0.05) is 0 Å². The van der Waals surface area contributed by atoms with E-state index in [2.05, 4.69) is 15.6 Å². The van der Waals surface area contributed by atoms with Crippen molar-refractivity contribution in [3.8, 4) is 0 Å². The van der Waals surface area contributed by atoms with E-state index in [9.17, 15) is 0 Å². The van der Waals surface area contributed by atoms with Crippen LogP contribution in [0.4, 0.5) is 0 Å². The predicted octanol–water partition coefficient (Wildman–Crippen LogP) is 1.00. The summed E-state index contributed by atoms with van der Waals surface area (Å²) in [5.41, 5.74) is -0.137. The summed E-state index contributed by atoms with van der Waals surface area (Å²) >= 11 is 0. The molecule has 0 aromatic rings. The Hall–Kier alpha value is -0.120. The number of halogens is 1. The van der Waals surface area contributed by atoms with Crippen LogP contribution in [0.25, 0.3) is 0 Å². The normalized spacial score (nSPS) is 18.2. The number of rotatable bonds is 7. The van der Waals surface area contributed by atoms with Crippen molar-refractivity contribution in [1.29, 1.82) is 0 Å². The molecule has 6 nitrogen and oxygen atoms in total. The highest BCUT2D eigenvalue weighted by Gasteiger charge is 2.32. The highest BCUT2D eigenvalue weighted by molar-refractivity contribution is 14.0.